The average Bonchev–Trinajstić information content (AvgIpc) is 2.15. The molecule has 98 valence electrons. The highest BCUT2D eigenvalue weighted by molar-refractivity contribution is 4.81. The average molecular weight is 226 g/mol. The van der Waals surface area contributed by atoms with E-state index in [1.807, 2.05) is 0 Å². The highest BCUT2D eigenvalue weighted by atomic mass is 14.4. The molecule has 3 unspecified atom stereocenters. The van der Waals surface area contributed by atoms with Crippen LogP contribution in [0.4, 0.5) is 0 Å². The van der Waals surface area contributed by atoms with Crippen molar-refractivity contribution in [2.45, 2.75) is 74.7 Å². The van der Waals surface area contributed by atoms with Gasteiger partial charge in [-0.2, -0.15) is 0 Å². The van der Waals surface area contributed by atoms with Gasteiger partial charge in [-0.05, 0) is 35.5 Å². The van der Waals surface area contributed by atoms with Crippen molar-refractivity contribution in [2.24, 2.45) is 29.1 Å². The van der Waals surface area contributed by atoms with Crippen molar-refractivity contribution in [3.8, 4) is 0 Å². The normalized spacial score (nSPS) is 18.6. The van der Waals surface area contributed by atoms with Crippen LogP contribution in [0.2, 0.25) is 0 Å². The summed E-state index contributed by atoms with van der Waals surface area (Å²) in [5.41, 5.74) is 0.456. The number of hydrogen-bond donors (Lipinski definition) is 0. The maximum atomic E-state index is 2.43. The molecule has 0 bridgehead atoms. The summed E-state index contributed by atoms with van der Waals surface area (Å²) < 4.78 is 0. The van der Waals surface area contributed by atoms with E-state index in [0.29, 0.717) is 5.41 Å². The zero-order valence-electron chi connectivity index (χ0n) is 12.9. The summed E-state index contributed by atoms with van der Waals surface area (Å²) in [5.74, 6) is 3.45. The van der Waals surface area contributed by atoms with E-state index >= 15 is 0 Å². The van der Waals surface area contributed by atoms with Crippen LogP contribution >= 0.6 is 0 Å². The van der Waals surface area contributed by atoms with E-state index in [-0.39, 0.29) is 0 Å². The zero-order valence-corrected chi connectivity index (χ0v) is 12.9. The predicted molar refractivity (Wildman–Crippen MR) is 75.6 cm³/mol. The van der Waals surface area contributed by atoms with Crippen molar-refractivity contribution < 1.29 is 0 Å². The first-order chi connectivity index (χ1) is 7.23. The van der Waals surface area contributed by atoms with Gasteiger partial charge in [0.05, 0.1) is 0 Å². The molecule has 0 radical (unpaired) electrons. The minimum Gasteiger partial charge on any atom is -0.0651 e. The standard InChI is InChI=1S/C16H34/c1-9-13(5)15(16(6,7)8)11-14(10-2)12(3)4/h12-15H,9-11H2,1-8H3. The second-order valence-corrected chi connectivity index (χ2v) is 7.01. The SMILES string of the molecule is CCC(C)C(CC(CC)C(C)C)C(C)(C)C. The molecule has 0 aliphatic carbocycles. The van der Waals surface area contributed by atoms with E-state index in [9.17, 15) is 0 Å². The fourth-order valence-corrected chi connectivity index (χ4v) is 2.96. The molecule has 0 spiro atoms. The first kappa shape index (κ1) is 16.0. The molecule has 0 heterocycles. The van der Waals surface area contributed by atoms with Crippen LogP contribution in [-0.2, 0) is 0 Å². The quantitative estimate of drug-likeness (QED) is 0.539. The lowest BCUT2D eigenvalue weighted by Crippen LogP contribution is -2.30. The lowest BCUT2D eigenvalue weighted by molar-refractivity contribution is 0.115. The molecule has 0 aromatic carbocycles. The van der Waals surface area contributed by atoms with E-state index in [4.69, 9.17) is 0 Å². The van der Waals surface area contributed by atoms with Crippen LogP contribution in [-0.4, -0.2) is 0 Å². The molecular formula is C16H34. The van der Waals surface area contributed by atoms with Gasteiger partial charge < -0.3 is 0 Å². The fourth-order valence-electron chi connectivity index (χ4n) is 2.96. The van der Waals surface area contributed by atoms with Gasteiger partial charge in [0.2, 0.25) is 0 Å². The van der Waals surface area contributed by atoms with Gasteiger partial charge in [0.25, 0.3) is 0 Å². The first-order valence-electron chi connectivity index (χ1n) is 7.23. The van der Waals surface area contributed by atoms with Crippen molar-refractivity contribution >= 4 is 0 Å². The molecule has 0 aliphatic rings. The van der Waals surface area contributed by atoms with Crippen LogP contribution < -0.4 is 0 Å². The lowest BCUT2D eigenvalue weighted by atomic mass is 9.67. The van der Waals surface area contributed by atoms with Gasteiger partial charge in [0.1, 0.15) is 0 Å². The van der Waals surface area contributed by atoms with Crippen LogP contribution in [0.3, 0.4) is 0 Å². The summed E-state index contributed by atoms with van der Waals surface area (Å²) in [6.45, 7) is 19.1. The Bertz CT molecular complexity index is 173. The Morgan fingerprint density at radius 1 is 0.875 bits per heavy atom. The molecule has 0 aromatic heterocycles. The van der Waals surface area contributed by atoms with Crippen molar-refractivity contribution in [3.63, 3.8) is 0 Å². The predicted octanol–water partition coefficient (Wildman–Crippen LogP) is 5.77. The van der Waals surface area contributed by atoms with Crippen LogP contribution in [0.5, 0.6) is 0 Å². The monoisotopic (exact) mass is 226 g/mol. The molecule has 0 heteroatoms. The minimum atomic E-state index is 0.456. The molecule has 0 aromatic rings. The summed E-state index contributed by atoms with van der Waals surface area (Å²) in [4.78, 5) is 0. The lowest BCUT2D eigenvalue weighted by Gasteiger charge is -2.38. The Morgan fingerprint density at radius 2 is 1.38 bits per heavy atom. The molecule has 0 fully saturated rings. The van der Waals surface area contributed by atoms with Crippen LogP contribution in [0.25, 0.3) is 0 Å². The van der Waals surface area contributed by atoms with Crippen LogP contribution in [0, 0.1) is 29.1 Å². The summed E-state index contributed by atoms with van der Waals surface area (Å²) in [6.07, 6.45) is 4.06. The Kier molecular flexibility index (Phi) is 6.67. The van der Waals surface area contributed by atoms with Gasteiger partial charge in [0.15, 0.2) is 0 Å². The second kappa shape index (κ2) is 6.67. The van der Waals surface area contributed by atoms with Crippen LogP contribution in [0.15, 0.2) is 0 Å². The van der Waals surface area contributed by atoms with E-state index < -0.39 is 0 Å². The van der Waals surface area contributed by atoms with Gasteiger partial charge in [-0.15, -0.1) is 0 Å². The van der Waals surface area contributed by atoms with Gasteiger partial charge in [-0.3, -0.25) is 0 Å². The van der Waals surface area contributed by atoms with Crippen molar-refractivity contribution in [2.75, 3.05) is 0 Å². The van der Waals surface area contributed by atoms with Gasteiger partial charge in [-0.1, -0.05) is 68.2 Å². The summed E-state index contributed by atoms with van der Waals surface area (Å²) in [6, 6.07) is 0. The third-order valence-corrected chi connectivity index (χ3v) is 4.47. The van der Waals surface area contributed by atoms with E-state index in [1.165, 1.54) is 19.3 Å². The molecule has 0 aliphatic heterocycles. The Balaban J connectivity index is 4.66. The molecule has 0 saturated heterocycles. The highest BCUT2D eigenvalue weighted by Gasteiger charge is 2.31. The maximum Gasteiger partial charge on any atom is -0.0337 e. The van der Waals surface area contributed by atoms with Crippen molar-refractivity contribution in [1.29, 1.82) is 0 Å². The Hall–Kier alpha value is 0. The van der Waals surface area contributed by atoms with Crippen molar-refractivity contribution in [1.82, 2.24) is 0 Å². The minimum absolute atomic E-state index is 0.456. The van der Waals surface area contributed by atoms with Gasteiger partial charge in [0, 0.05) is 0 Å². The fraction of sp³-hybridized carbons (Fsp3) is 1.00. The summed E-state index contributed by atoms with van der Waals surface area (Å²) in [7, 11) is 0. The third-order valence-electron chi connectivity index (χ3n) is 4.47. The van der Waals surface area contributed by atoms with E-state index in [0.717, 1.165) is 23.7 Å². The Labute approximate surface area is 104 Å². The van der Waals surface area contributed by atoms with Crippen LogP contribution in [0.1, 0.15) is 74.7 Å². The smallest absolute Gasteiger partial charge is 0.0337 e. The zero-order chi connectivity index (χ0) is 12.9. The molecule has 0 amide bonds. The summed E-state index contributed by atoms with van der Waals surface area (Å²) >= 11 is 0. The van der Waals surface area contributed by atoms with Gasteiger partial charge in [-0.25, -0.2) is 0 Å². The van der Waals surface area contributed by atoms with E-state index in [1.54, 1.807) is 0 Å². The number of hydrogen-bond acceptors (Lipinski definition) is 0. The Morgan fingerprint density at radius 3 is 1.62 bits per heavy atom. The van der Waals surface area contributed by atoms with E-state index in [2.05, 4.69) is 55.4 Å². The van der Waals surface area contributed by atoms with Gasteiger partial charge >= 0.3 is 0 Å². The molecule has 0 saturated carbocycles. The first-order valence-corrected chi connectivity index (χ1v) is 7.23. The summed E-state index contributed by atoms with van der Waals surface area (Å²) in [5, 5.41) is 0. The topological polar surface area (TPSA) is 0 Å². The maximum absolute atomic E-state index is 2.43. The molecule has 0 N–H and O–H groups in total. The molecule has 3 atom stereocenters. The molecule has 16 heavy (non-hydrogen) atoms. The third kappa shape index (κ3) is 4.89. The molecule has 0 nitrogen and oxygen atoms in total. The van der Waals surface area contributed by atoms with Crippen molar-refractivity contribution in [3.05, 3.63) is 0 Å². The number of rotatable bonds is 6. The highest BCUT2D eigenvalue weighted by Crippen LogP contribution is 2.40. The molecule has 0 rings (SSSR count). The second-order valence-electron chi connectivity index (χ2n) is 7.01. The molecular weight excluding hydrogens is 192 g/mol. The largest absolute Gasteiger partial charge is 0.0651 e.